The zero-order valence-electron chi connectivity index (χ0n) is 12.9. The van der Waals surface area contributed by atoms with E-state index in [0.29, 0.717) is 16.5 Å². The fourth-order valence-electron chi connectivity index (χ4n) is 2.82. The molecule has 6 heteroatoms. The van der Waals surface area contributed by atoms with Crippen LogP contribution >= 0.6 is 11.3 Å². The van der Waals surface area contributed by atoms with E-state index in [9.17, 15) is 9.59 Å². The van der Waals surface area contributed by atoms with Crippen molar-refractivity contribution in [3.63, 3.8) is 0 Å². The van der Waals surface area contributed by atoms with Crippen LogP contribution in [0.4, 0.5) is 9.80 Å². The Morgan fingerprint density at radius 3 is 2.57 bits per heavy atom. The third-order valence-electron chi connectivity index (χ3n) is 4.14. The van der Waals surface area contributed by atoms with Gasteiger partial charge in [0.2, 0.25) is 0 Å². The van der Waals surface area contributed by atoms with Gasteiger partial charge >= 0.3 is 6.09 Å². The van der Waals surface area contributed by atoms with E-state index in [2.05, 4.69) is 30.8 Å². The molecule has 0 aliphatic heterocycles. The molecule has 0 bridgehead atoms. The van der Waals surface area contributed by atoms with Crippen molar-refractivity contribution in [2.24, 2.45) is 17.1 Å². The molecule has 0 fully saturated rings. The largest absolute Gasteiger partial charge is 0.453 e. The van der Waals surface area contributed by atoms with Crippen molar-refractivity contribution in [2.75, 3.05) is 12.4 Å². The average Bonchev–Trinajstić information content (AvgIpc) is 2.74. The molecule has 1 heterocycles. The minimum absolute atomic E-state index is 0.227. The quantitative estimate of drug-likeness (QED) is 0.880. The highest BCUT2D eigenvalue weighted by atomic mass is 32.1. The summed E-state index contributed by atoms with van der Waals surface area (Å²) >= 11 is 1.44. The molecule has 0 saturated carbocycles. The number of carbonyl (C=O) groups excluding carboxylic acids is 2. The number of hydrogen-bond donors (Lipinski definition) is 2. The summed E-state index contributed by atoms with van der Waals surface area (Å²) in [6.07, 6.45) is 2.20. The lowest BCUT2D eigenvalue weighted by molar-refractivity contribution is 0.1000. The second-order valence-electron chi connectivity index (χ2n) is 6.49. The van der Waals surface area contributed by atoms with Crippen LogP contribution in [0.15, 0.2) is 0 Å². The Bertz CT molecular complexity index is 572. The van der Waals surface area contributed by atoms with Crippen LogP contribution in [0.5, 0.6) is 0 Å². The normalized spacial score (nSPS) is 18.0. The van der Waals surface area contributed by atoms with Crippen LogP contribution < -0.4 is 11.1 Å². The highest BCUT2D eigenvalue weighted by molar-refractivity contribution is 7.17. The first-order valence-electron chi connectivity index (χ1n) is 7.03. The van der Waals surface area contributed by atoms with Gasteiger partial charge in [-0.1, -0.05) is 20.8 Å². The van der Waals surface area contributed by atoms with Crippen molar-refractivity contribution in [3.8, 4) is 0 Å². The van der Waals surface area contributed by atoms with Gasteiger partial charge in [-0.25, -0.2) is 4.79 Å². The van der Waals surface area contributed by atoms with Crippen molar-refractivity contribution < 1.29 is 14.3 Å². The van der Waals surface area contributed by atoms with Gasteiger partial charge in [-0.2, -0.15) is 0 Å². The fourth-order valence-corrected chi connectivity index (χ4v) is 4.14. The molecule has 1 aromatic heterocycles. The van der Waals surface area contributed by atoms with E-state index in [-0.39, 0.29) is 5.41 Å². The van der Waals surface area contributed by atoms with Crippen molar-refractivity contribution >= 4 is 28.3 Å². The van der Waals surface area contributed by atoms with Crippen molar-refractivity contribution in [1.29, 1.82) is 0 Å². The number of anilines is 1. The number of thiophene rings is 1. The molecule has 0 aromatic carbocycles. The first kappa shape index (κ1) is 15.8. The Labute approximate surface area is 128 Å². The molecule has 0 saturated heterocycles. The average molecular weight is 310 g/mol. The maximum Gasteiger partial charge on any atom is 0.411 e. The van der Waals surface area contributed by atoms with E-state index < -0.39 is 12.0 Å². The fraction of sp³-hybridized carbons (Fsp3) is 0.600. The summed E-state index contributed by atoms with van der Waals surface area (Å²) in [6, 6.07) is 0. The predicted octanol–water partition coefficient (Wildman–Crippen LogP) is 3.18. The van der Waals surface area contributed by atoms with E-state index in [1.807, 2.05) is 0 Å². The van der Waals surface area contributed by atoms with Crippen LogP contribution in [-0.4, -0.2) is 19.1 Å². The molecule has 0 radical (unpaired) electrons. The second kappa shape index (κ2) is 5.67. The molecule has 1 aliphatic carbocycles. The van der Waals surface area contributed by atoms with Crippen LogP contribution in [-0.2, 0) is 17.6 Å². The maximum absolute atomic E-state index is 11.7. The zero-order valence-corrected chi connectivity index (χ0v) is 13.7. The van der Waals surface area contributed by atoms with Crippen LogP contribution in [0.3, 0.4) is 0 Å². The van der Waals surface area contributed by atoms with Gasteiger partial charge in [0, 0.05) is 4.88 Å². The van der Waals surface area contributed by atoms with E-state index in [1.165, 1.54) is 18.4 Å². The minimum Gasteiger partial charge on any atom is -0.453 e. The first-order chi connectivity index (χ1) is 9.74. The number of nitrogens with two attached hydrogens (primary N) is 1. The summed E-state index contributed by atoms with van der Waals surface area (Å²) in [5, 5.41) is 3.12. The van der Waals surface area contributed by atoms with Crippen molar-refractivity contribution in [1.82, 2.24) is 0 Å². The number of ether oxygens (including phenoxy) is 1. The summed E-state index contributed by atoms with van der Waals surface area (Å²) in [5.74, 6) is 0.0727. The molecule has 1 atom stereocenters. The highest BCUT2D eigenvalue weighted by Crippen LogP contribution is 2.44. The van der Waals surface area contributed by atoms with Gasteiger partial charge in [0.15, 0.2) is 0 Å². The zero-order chi connectivity index (χ0) is 15.8. The second-order valence-corrected chi connectivity index (χ2v) is 7.60. The smallest absolute Gasteiger partial charge is 0.411 e. The molecular weight excluding hydrogens is 288 g/mol. The minimum atomic E-state index is -0.580. The summed E-state index contributed by atoms with van der Waals surface area (Å²) in [5.41, 5.74) is 7.17. The van der Waals surface area contributed by atoms with E-state index in [1.54, 1.807) is 0 Å². The Hall–Kier alpha value is -1.56. The van der Waals surface area contributed by atoms with E-state index >= 15 is 0 Å². The number of fused-ring (bicyclic) bond motifs is 1. The lowest BCUT2D eigenvalue weighted by Gasteiger charge is -2.33. The lowest BCUT2D eigenvalue weighted by atomic mass is 9.72. The molecule has 21 heavy (non-hydrogen) atoms. The molecule has 1 aromatic rings. The molecule has 1 aliphatic rings. The number of amides is 2. The van der Waals surface area contributed by atoms with Crippen LogP contribution in [0, 0.1) is 11.3 Å². The van der Waals surface area contributed by atoms with Crippen molar-refractivity contribution in [2.45, 2.75) is 40.0 Å². The Morgan fingerprint density at radius 1 is 1.38 bits per heavy atom. The number of primary amides is 1. The summed E-state index contributed by atoms with van der Waals surface area (Å²) < 4.78 is 4.60. The molecule has 3 N–H and O–H groups in total. The molecular formula is C15H22N2O3S. The first-order valence-corrected chi connectivity index (χ1v) is 7.85. The van der Waals surface area contributed by atoms with Crippen LogP contribution in [0.2, 0.25) is 0 Å². The number of nitrogens with one attached hydrogen (secondary N) is 1. The Balaban J connectivity index is 2.37. The number of methoxy groups -OCH3 is 1. The van der Waals surface area contributed by atoms with Gasteiger partial charge < -0.3 is 10.5 Å². The van der Waals surface area contributed by atoms with Crippen LogP contribution in [0.1, 0.15) is 48.0 Å². The Kier molecular flexibility index (Phi) is 4.27. The molecule has 2 rings (SSSR count). The van der Waals surface area contributed by atoms with Gasteiger partial charge in [-0.3, -0.25) is 10.1 Å². The van der Waals surface area contributed by atoms with Gasteiger partial charge in [-0.05, 0) is 36.2 Å². The lowest BCUT2D eigenvalue weighted by Crippen LogP contribution is -2.27. The molecule has 1 unspecified atom stereocenters. The third-order valence-corrected chi connectivity index (χ3v) is 5.31. The predicted molar refractivity (Wildman–Crippen MR) is 83.8 cm³/mol. The van der Waals surface area contributed by atoms with Gasteiger partial charge in [0.25, 0.3) is 5.91 Å². The SMILES string of the molecule is COC(=O)Nc1sc2c(c1C(N)=O)CCC(C(C)(C)C)C2. The number of hydrogen-bond acceptors (Lipinski definition) is 4. The summed E-state index contributed by atoms with van der Waals surface area (Å²) in [4.78, 5) is 24.3. The van der Waals surface area contributed by atoms with Gasteiger partial charge in [0.1, 0.15) is 5.00 Å². The van der Waals surface area contributed by atoms with Crippen LogP contribution in [0.25, 0.3) is 0 Å². The van der Waals surface area contributed by atoms with E-state index in [0.717, 1.165) is 29.7 Å². The third kappa shape index (κ3) is 3.20. The van der Waals surface area contributed by atoms with Gasteiger partial charge in [-0.15, -0.1) is 11.3 Å². The van der Waals surface area contributed by atoms with Crippen molar-refractivity contribution in [3.05, 3.63) is 16.0 Å². The highest BCUT2D eigenvalue weighted by Gasteiger charge is 2.33. The number of carbonyl (C=O) groups is 2. The maximum atomic E-state index is 11.7. The standard InChI is InChI=1S/C15H22N2O3S/c1-15(2,3)8-5-6-9-10(7-8)21-13(11(9)12(16)18)17-14(19)20-4/h8H,5-7H2,1-4H3,(H2,16,18)(H,17,19). The Morgan fingerprint density at radius 2 is 2.05 bits per heavy atom. The van der Waals surface area contributed by atoms with E-state index in [4.69, 9.17) is 5.73 Å². The molecule has 5 nitrogen and oxygen atoms in total. The summed E-state index contributed by atoms with van der Waals surface area (Å²) in [6.45, 7) is 6.70. The molecule has 0 spiro atoms. The molecule has 2 amide bonds. The monoisotopic (exact) mass is 310 g/mol. The summed E-state index contributed by atoms with van der Waals surface area (Å²) in [7, 11) is 1.29. The molecule has 116 valence electrons. The number of rotatable bonds is 2. The van der Waals surface area contributed by atoms with Gasteiger partial charge in [0.05, 0.1) is 12.7 Å². The topological polar surface area (TPSA) is 81.4 Å².